The van der Waals surface area contributed by atoms with Crippen LogP contribution in [0.5, 0.6) is 5.75 Å². The van der Waals surface area contributed by atoms with E-state index < -0.39 is 11.0 Å². The summed E-state index contributed by atoms with van der Waals surface area (Å²) in [6.07, 6.45) is 10.9. The molecular formula is C23H26N6O4S. The fourth-order valence-electron chi connectivity index (χ4n) is 3.74. The van der Waals surface area contributed by atoms with E-state index in [9.17, 15) is 9.00 Å². The van der Waals surface area contributed by atoms with Crippen LogP contribution in [0.3, 0.4) is 0 Å². The third-order valence-electron chi connectivity index (χ3n) is 5.64. The number of rotatable bonds is 7. The number of pyridine rings is 1. The molecule has 5 rings (SSSR count). The summed E-state index contributed by atoms with van der Waals surface area (Å²) in [5.41, 5.74) is 3.06. The molecule has 0 amide bonds. The van der Waals surface area contributed by atoms with Crippen LogP contribution in [-0.4, -0.2) is 46.9 Å². The Morgan fingerprint density at radius 3 is 2.62 bits per heavy atom. The van der Waals surface area contributed by atoms with Crippen LogP contribution in [0, 0.1) is 5.92 Å². The number of aromatic nitrogens is 5. The molecule has 1 aliphatic carbocycles. The van der Waals surface area contributed by atoms with Gasteiger partial charge >= 0.3 is 0 Å². The molecular weight excluding hydrogens is 456 g/mol. The molecule has 10 nitrogen and oxygen atoms in total. The zero-order valence-corrected chi connectivity index (χ0v) is 19.9. The average Bonchev–Trinajstić information content (AvgIpc) is 3.52. The van der Waals surface area contributed by atoms with Crippen molar-refractivity contribution in [2.75, 3.05) is 17.6 Å². The normalized spacial score (nSPS) is 14.0. The Morgan fingerprint density at radius 2 is 1.94 bits per heavy atom. The SMILES string of the molecule is Cn1cc(-c2ccc3c(=O)n(C)cc(-c4nc(NS(C)=O)ncc4OCC4CC4)c3c2)cn1.O. The molecule has 1 fully saturated rings. The second-order valence-corrected chi connectivity index (χ2v) is 9.45. The number of fused-ring (bicyclic) bond motifs is 1. The van der Waals surface area contributed by atoms with E-state index in [2.05, 4.69) is 19.8 Å². The Balaban J connectivity index is 0.00000274. The molecule has 3 heterocycles. The molecule has 11 heteroatoms. The lowest BCUT2D eigenvalue weighted by Crippen LogP contribution is -2.17. The number of hydrogen-bond acceptors (Lipinski definition) is 6. The predicted octanol–water partition coefficient (Wildman–Crippen LogP) is 2.07. The second-order valence-electron chi connectivity index (χ2n) is 8.34. The molecule has 1 saturated carbocycles. The van der Waals surface area contributed by atoms with Gasteiger partial charge in [-0.1, -0.05) is 6.07 Å². The number of aryl methyl sites for hydroxylation is 2. The first-order chi connectivity index (χ1) is 15.9. The molecule has 1 unspecified atom stereocenters. The first-order valence-corrected chi connectivity index (χ1v) is 12.2. The predicted molar refractivity (Wildman–Crippen MR) is 132 cm³/mol. The van der Waals surface area contributed by atoms with Gasteiger partial charge in [0.05, 0.1) is 19.0 Å². The largest absolute Gasteiger partial charge is 0.489 e. The van der Waals surface area contributed by atoms with Gasteiger partial charge in [-0.15, -0.1) is 0 Å². The van der Waals surface area contributed by atoms with Gasteiger partial charge in [0.15, 0.2) is 5.75 Å². The standard InChI is InChI=1S/C23H24N6O3S.H2O/c1-28-12-19(18-8-15(6-7-17(18)22(28)30)16-9-25-29(2)11-16)21-20(32-13-14-4-5-14)10-24-23(26-21)27-33(3)31;/h6-12,14H,4-5,13H2,1-3H3,(H,24,26,27);1H2. The first-order valence-electron chi connectivity index (χ1n) is 10.6. The maximum absolute atomic E-state index is 12.9. The topological polar surface area (TPSA) is 135 Å². The minimum Gasteiger partial charge on any atom is -0.489 e. The van der Waals surface area contributed by atoms with Gasteiger partial charge in [-0.05, 0) is 41.8 Å². The van der Waals surface area contributed by atoms with Gasteiger partial charge in [0.1, 0.15) is 16.7 Å². The van der Waals surface area contributed by atoms with Crippen molar-refractivity contribution in [1.82, 2.24) is 24.3 Å². The molecule has 0 aliphatic heterocycles. The summed E-state index contributed by atoms with van der Waals surface area (Å²) in [5.74, 6) is 1.31. The third kappa shape index (κ3) is 4.70. The van der Waals surface area contributed by atoms with Gasteiger partial charge in [-0.3, -0.25) is 14.2 Å². The Labute approximate surface area is 198 Å². The van der Waals surface area contributed by atoms with Crippen LogP contribution in [-0.2, 0) is 25.1 Å². The third-order valence-corrected chi connectivity index (χ3v) is 6.11. The van der Waals surface area contributed by atoms with E-state index in [0.717, 1.165) is 34.9 Å². The number of nitrogens with zero attached hydrogens (tertiary/aromatic N) is 5. The number of anilines is 1. The van der Waals surface area contributed by atoms with Gasteiger partial charge in [0.2, 0.25) is 5.95 Å². The second kappa shape index (κ2) is 9.35. The molecule has 0 radical (unpaired) electrons. The minimum absolute atomic E-state index is 0. The molecule has 1 aliphatic rings. The van der Waals surface area contributed by atoms with Crippen LogP contribution < -0.4 is 15.0 Å². The number of hydrogen-bond donors (Lipinski definition) is 1. The van der Waals surface area contributed by atoms with E-state index in [-0.39, 0.29) is 17.0 Å². The average molecular weight is 483 g/mol. The van der Waals surface area contributed by atoms with E-state index in [4.69, 9.17) is 4.74 Å². The van der Waals surface area contributed by atoms with Crippen molar-refractivity contribution in [1.29, 1.82) is 0 Å². The summed E-state index contributed by atoms with van der Waals surface area (Å²) in [6, 6.07) is 5.72. The Morgan fingerprint density at radius 1 is 1.15 bits per heavy atom. The maximum Gasteiger partial charge on any atom is 0.258 e. The van der Waals surface area contributed by atoms with Crippen LogP contribution >= 0.6 is 0 Å². The molecule has 0 spiro atoms. The van der Waals surface area contributed by atoms with E-state index >= 15 is 0 Å². The van der Waals surface area contributed by atoms with Crippen LogP contribution in [0.15, 0.2) is 47.8 Å². The summed E-state index contributed by atoms with van der Waals surface area (Å²) in [7, 11) is 2.25. The molecule has 178 valence electrons. The molecule has 3 N–H and O–H groups in total. The number of benzene rings is 1. The number of nitrogens with one attached hydrogen (secondary N) is 1. The molecule has 1 atom stereocenters. The summed E-state index contributed by atoms with van der Waals surface area (Å²) in [4.78, 5) is 21.8. The van der Waals surface area contributed by atoms with Crippen molar-refractivity contribution in [2.24, 2.45) is 20.0 Å². The molecule has 0 saturated heterocycles. The van der Waals surface area contributed by atoms with E-state index in [0.29, 0.717) is 29.4 Å². The lowest BCUT2D eigenvalue weighted by molar-refractivity contribution is 0.299. The van der Waals surface area contributed by atoms with Crippen molar-refractivity contribution in [2.45, 2.75) is 12.8 Å². The van der Waals surface area contributed by atoms with Gasteiger partial charge in [0, 0.05) is 49.3 Å². The highest BCUT2D eigenvalue weighted by atomic mass is 32.2. The minimum atomic E-state index is -1.33. The van der Waals surface area contributed by atoms with Crippen LogP contribution in [0.25, 0.3) is 33.2 Å². The van der Waals surface area contributed by atoms with Crippen LogP contribution in [0.2, 0.25) is 0 Å². The number of ether oxygens (including phenoxy) is 1. The molecule has 4 aromatic rings. The Kier molecular flexibility index (Phi) is 6.49. The van der Waals surface area contributed by atoms with Crippen molar-refractivity contribution >= 4 is 27.7 Å². The summed E-state index contributed by atoms with van der Waals surface area (Å²) in [6.45, 7) is 0.591. The van der Waals surface area contributed by atoms with Crippen LogP contribution in [0.1, 0.15) is 12.8 Å². The van der Waals surface area contributed by atoms with Gasteiger partial charge < -0.3 is 14.8 Å². The van der Waals surface area contributed by atoms with Gasteiger partial charge in [-0.25, -0.2) is 14.2 Å². The fourth-order valence-corrected chi connectivity index (χ4v) is 4.10. The van der Waals surface area contributed by atoms with E-state index in [1.165, 1.54) is 6.26 Å². The monoisotopic (exact) mass is 482 g/mol. The van der Waals surface area contributed by atoms with E-state index in [1.807, 2.05) is 31.4 Å². The highest BCUT2D eigenvalue weighted by Gasteiger charge is 2.24. The van der Waals surface area contributed by atoms with Crippen molar-refractivity contribution in [3.8, 4) is 28.1 Å². The zero-order valence-electron chi connectivity index (χ0n) is 19.1. The Hall–Kier alpha value is -3.57. The molecule has 0 bridgehead atoms. The molecule has 34 heavy (non-hydrogen) atoms. The highest BCUT2D eigenvalue weighted by Crippen LogP contribution is 2.36. The van der Waals surface area contributed by atoms with Crippen molar-refractivity contribution in [3.63, 3.8) is 0 Å². The first kappa shape index (κ1) is 23.6. The molecule has 1 aromatic carbocycles. The lowest BCUT2D eigenvalue weighted by Gasteiger charge is -2.15. The fraction of sp³-hybridized carbons (Fsp3) is 0.304. The summed E-state index contributed by atoms with van der Waals surface area (Å²) >= 11 is 0. The zero-order chi connectivity index (χ0) is 23.1. The highest BCUT2D eigenvalue weighted by molar-refractivity contribution is 7.85. The Bertz CT molecular complexity index is 1440. The smallest absolute Gasteiger partial charge is 0.258 e. The van der Waals surface area contributed by atoms with Gasteiger partial charge in [-0.2, -0.15) is 5.10 Å². The van der Waals surface area contributed by atoms with Crippen LogP contribution in [0.4, 0.5) is 5.95 Å². The van der Waals surface area contributed by atoms with Gasteiger partial charge in [0.25, 0.3) is 5.56 Å². The maximum atomic E-state index is 12.9. The quantitative estimate of drug-likeness (QED) is 0.428. The molecule has 3 aromatic heterocycles. The lowest BCUT2D eigenvalue weighted by atomic mass is 9.99. The summed E-state index contributed by atoms with van der Waals surface area (Å²) < 4.78 is 23.8. The van der Waals surface area contributed by atoms with Crippen molar-refractivity contribution < 1.29 is 14.4 Å². The summed E-state index contributed by atoms with van der Waals surface area (Å²) in [5, 5.41) is 5.58. The van der Waals surface area contributed by atoms with E-state index in [1.54, 1.807) is 34.9 Å². The van der Waals surface area contributed by atoms with Crippen molar-refractivity contribution in [3.05, 3.63) is 53.3 Å².